The van der Waals surface area contributed by atoms with Crippen LogP contribution in [0.15, 0.2) is 10.1 Å². The zero-order valence-corrected chi connectivity index (χ0v) is 4.55. The summed E-state index contributed by atoms with van der Waals surface area (Å²) in [4.78, 5) is 3.67. The molecule has 1 unspecified atom stereocenters. The van der Waals surface area contributed by atoms with Gasteiger partial charge in [0.15, 0.2) is 0 Å². The molecule has 40 valence electrons. The molecule has 7 heavy (non-hydrogen) atoms. The Bertz CT molecular complexity index is 77.0. The monoisotopic (exact) mass is 99.1 g/mol. The molecule has 0 aromatic rings. The Kier molecular flexibility index (Phi) is 3.10. The SMILES string of the molecule is CN=CC(C)N=N. The van der Waals surface area contributed by atoms with E-state index in [0.29, 0.717) is 0 Å². The first kappa shape index (κ1) is 6.27. The van der Waals surface area contributed by atoms with Crippen LogP contribution >= 0.6 is 0 Å². The molecule has 0 saturated carbocycles. The average molecular weight is 99.1 g/mol. The Morgan fingerprint density at radius 2 is 2.29 bits per heavy atom. The number of aliphatic imine (C=N–C) groups is 1. The Morgan fingerprint density at radius 1 is 1.71 bits per heavy atom. The van der Waals surface area contributed by atoms with Crippen LogP contribution in [0.4, 0.5) is 0 Å². The van der Waals surface area contributed by atoms with Gasteiger partial charge in [0.2, 0.25) is 0 Å². The molecule has 0 amide bonds. The van der Waals surface area contributed by atoms with Crippen molar-refractivity contribution < 1.29 is 0 Å². The van der Waals surface area contributed by atoms with Gasteiger partial charge in [-0.2, -0.15) is 5.11 Å². The van der Waals surface area contributed by atoms with Gasteiger partial charge in [-0.1, -0.05) is 0 Å². The molecule has 0 radical (unpaired) electrons. The summed E-state index contributed by atoms with van der Waals surface area (Å²) in [5.74, 6) is 0. The van der Waals surface area contributed by atoms with Gasteiger partial charge in [0.1, 0.15) is 6.04 Å². The molecule has 3 heteroatoms. The molecular formula is C4H9N3. The lowest BCUT2D eigenvalue weighted by Crippen LogP contribution is -1.95. The van der Waals surface area contributed by atoms with E-state index in [2.05, 4.69) is 10.1 Å². The molecule has 0 aromatic carbocycles. The zero-order valence-electron chi connectivity index (χ0n) is 4.55. The van der Waals surface area contributed by atoms with Crippen molar-refractivity contribution in [2.45, 2.75) is 13.0 Å². The molecule has 0 saturated heterocycles. The fraction of sp³-hybridized carbons (Fsp3) is 0.750. The summed E-state index contributed by atoms with van der Waals surface area (Å²) < 4.78 is 0. The van der Waals surface area contributed by atoms with Crippen LogP contribution in [0.2, 0.25) is 0 Å². The van der Waals surface area contributed by atoms with E-state index in [1.807, 2.05) is 0 Å². The lowest BCUT2D eigenvalue weighted by molar-refractivity contribution is 0.861. The molecule has 0 aliphatic rings. The predicted octanol–water partition coefficient (Wildman–Crippen LogP) is 1.11. The van der Waals surface area contributed by atoms with E-state index in [4.69, 9.17) is 5.53 Å². The van der Waals surface area contributed by atoms with Crippen molar-refractivity contribution in [1.82, 2.24) is 0 Å². The third-order valence-electron chi connectivity index (χ3n) is 0.568. The topological polar surface area (TPSA) is 48.6 Å². The first-order valence-corrected chi connectivity index (χ1v) is 2.10. The van der Waals surface area contributed by atoms with E-state index in [-0.39, 0.29) is 6.04 Å². The summed E-state index contributed by atoms with van der Waals surface area (Å²) >= 11 is 0. The predicted molar refractivity (Wildman–Crippen MR) is 29.0 cm³/mol. The summed E-state index contributed by atoms with van der Waals surface area (Å²) in [6, 6.07) is -0.0509. The largest absolute Gasteiger partial charge is 0.299 e. The highest BCUT2D eigenvalue weighted by Crippen LogP contribution is 1.79. The Balaban J connectivity index is 3.35. The molecule has 0 aliphatic heterocycles. The van der Waals surface area contributed by atoms with Crippen molar-refractivity contribution in [3.63, 3.8) is 0 Å². The van der Waals surface area contributed by atoms with Crippen molar-refractivity contribution in [2.75, 3.05) is 7.05 Å². The minimum Gasteiger partial charge on any atom is -0.299 e. The first-order valence-electron chi connectivity index (χ1n) is 2.10. The van der Waals surface area contributed by atoms with Gasteiger partial charge in [-0.3, -0.25) is 4.99 Å². The van der Waals surface area contributed by atoms with Gasteiger partial charge < -0.3 is 0 Å². The number of hydrogen-bond donors (Lipinski definition) is 1. The van der Waals surface area contributed by atoms with Crippen molar-refractivity contribution in [1.29, 1.82) is 5.53 Å². The normalized spacial score (nSPS) is 14.6. The maximum Gasteiger partial charge on any atom is 0.102 e. The summed E-state index contributed by atoms with van der Waals surface area (Å²) in [5, 5.41) is 3.18. The quantitative estimate of drug-likeness (QED) is 0.398. The Labute approximate surface area is 43.0 Å². The van der Waals surface area contributed by atoms with Crippen molar-refractivity contribution in [3.05, 3.63) is 0 Å². The summed E-state index contributed by atoms with van der Waals surface area (Å²) in [5.41, 5.74) is 6.45. The third kappa shape index (κ3) is 3.09. The maximum atomic E-state index is 6.45. The van der Waals surface area contributed by atoms with Crippen LogP contribution < -0.4 is 0 Å². The molecule has 0 heterocycles. The van der Waals surface area contributed by atoms with Crippen LogP contribution in [0.1, 0.15) is 6.92 Å². The van der Waals surface area contributed by atoms with Gasteiger partial charge in [-0.05, 0) is 6.92 Å². The highest BCUT2D eigenvalue weighted by molar-refractivity contribution is 5.63. The van der Waals surface area contributed by atoms with Crippen LogP contribution in [0.5, 0.6) is 0 Å². The lowest BCUT2D eigenvalue weighted by Gasteiger charge is -1.87. The number of nitrogens with one attached hydrogen (secondary N) is 1. The third-order valence-corrected chi connectivity index (χ3v) is 0.568. The molecule has 0 rings (SSSR count). The number of hydrogen-bond acceptors (Lipinski definition) is 3. The Hall–Kier alpha value is -0.730. The number of nitrogens with zero attached hydrogens (tertiary/aromatic N) is 2. The van der Waals surface area contributed by atoms with Crippen LogP contribution in [0.25, 0.3) is 0 Å². The minimum absolute atomic E-state index is 0.0509. The fourth-order valence-electron chi connectivity index (χ4n) is 0.249. The molecule has 3 nitrogen and oxygen atoms in total. The fourth-order valence-corrected chi connectivity index (χ4v) is 0.249. The van der Waals surface area contributed by atoms with Crippen LogP contribution in [0, 0.1) is 5.53 Å². The molecular weight excluding hydrogens is 90.1 g/mol. The molecule has 1 atom stereocenters. The summed E-state index contributed by atoms with van der Waals surface area (Å²) in [7, 11) is 1.67. The molecule has 0 spiro atoms. The molecule has 0 bridgehead atoms. The van der Waals surface area contributed by atoms with E-state index in [9.17, 15) is 0 Å². The first-order chi connectivity index (χ1) is 3.31. The van der Waals surface area contributed by atoms with E-state index in [1.54, 1.807) is 20.2 Å². The van der Waals surface area contributed by atoms with Crippen molar-refractivity contribution >= 4 is 6.21 Å². The van der Waals surface area contributed by atoms with E-state index >= 15 is 0 Å². The second-order valence-electron chi connectivity index (χ2n) is 1.28. The average Bonchev–Trinajstić information content (AvgIpc) is 1.68. The highest BCUT2D eigenvalue weighted by Gasteiger charge is 1.85. The second-order valence-corrected chi connectivity index (χ2v) is 1.28. The zero-order chi connectivity index (χ0) is 5.70. The smallest absolute Gasteiger partial charge is 0.102 e. The van der Waals surface area contributed by atoms with E-state index < -0.39 is 0 Å². The van der Waals surface area contributed by atoms with E-state index in [1.165, 1.54) is 0 Å². The second kappa shape index (κ2) is 3.46. The minimum atomic E-state index is -0.0509. The van der Waals surface area contributed by atoms with Gasteiger partial charge in [-0.25, -0.2) is 5.53 Å². The summed E-state index contributed by atoms with van der Waals surface area (Å²) in [6.07, 6.45) is 1.62. The van der Waals surface area contributed by atoms with Crippen LogP contribution in [-0.4, -0.2) is 19.3 Å². The maximum absolute atomic E-state index is 6.45. The van der Waals surface area contributed by atoms with Gasteiger partial charge in [0.05, 0.1) is 0 Å². The van der Waals surface area contributed by atoms with Crippen LogP contribution in [0.3, 0.4) is 0 Å². The number of rotatable bonds is 2. The van der Waals surface area contributed by atoms with Crippen molar-refractivity contribution in [2.24, 2.45) is 10.1 Å². The Morgan fingerprint density at radius 3 is 2.43 bits per heavy atom. The summed E-state index contributed by atoms with van der Waals surface area (Å²) in [6.45, 7) is 1.81. The van der Waals surface area contributed by atoms with Gasteiger partial charge >= 0.3 is 0 Å². The molecule has 0 aromatic heterocycles. The molecule has 1 N–H and O–H groups in total. The standard InChI is InChI=1S/C4H9N3/c1-4(7-5)3-6-2/h3-5H,1-2H3. The van der Waals surface area contributed by atoms with Gasteiger partial charge in [0, 0.05) is 13.3 Å². The lowest BCUT2D eigenvalue weighted by atomic mass is 10.4. The molecule has 0 aliphatic carbocycles. The van der Waals surface area contributed by atoms with E-state index in [0.717, 1.165) is 0 Å². The van der Waals surface area contributed by atoms with Crippen LogP contribution in [-0.2, 0) is 0 Å². The molecule has 0 fully saturated rings. The van der Waals surface area contributed by atoms with Crippen molar-refractivity contribution in [3.8, 4) is 0 Å². The van der Waals surface area contributed by atoms with Gasteiger partial charge in [0.25, 0.3) is 0 Å². The van der Waals surface area contributed by atoms with Gasteiger partial charge in [-0.15, -0.1) is 0 Å². The highest BCUT2D eigenvalue weighted by atomic mass is 15.0.